The standard InChI is InChI=1S/C6H3F7O2/c1-2(3(14)15)4(7,5(8,9)10)6(11,12)13/h1H2,(H,14,15). The molecular formula is C6H3F7O2. The lowest BCUT2D eigenvalue weighted by atomic mass is 9.95. The lowest BCUT2D eigenvalue weighted by molar-refractivity contribution is -0.326. The lowest BCUT2D eigenvalue weighted by Gasteiger charge is -2.29. The fourth-order valence-electron chi connectivity index (χ4n) is 0.650. The Kier molecular flexibility index (Phi) is 3.10. The lowest BCUT2D eigenvalue weighted by Crippen LogP contribution is -2.55. The van der Waals surface area contributed by atoms with Crippen molar-refractivity contribution in [3.63, 3.8) is 0 Å². The van der Waals surface area contributed by atoms with Gasteiger partial charge >= 0.3 is 24.0 Å². The molecule has 0 saturated heterocycles. The number of halogens is 7. The second-order valence-corrected chi connectivity index (χ2v) is 2.44. The Labute approximate surface area is 78.0 Å². The van der Waals surface area contributed by atoms with Crippen molar-refractivity contribution in [1.82, 2.24) is 0 Å². The van der Waals surface area contributed by atoms with Gasteiger partial charge in [0.15, 0.2) is 0 Å². The van der Waals surface area contributed by atoms with E-state index in [9.17, 15) is 35.5 Å². The van der Waals surface area contributed by atoms with E-state index in [0.717, 1.165) is 0 Å². The Morgan fingerprint density at radius 3 is 1.27 bits per heavy atom. The summed E-state index contributed by atoms with van der Waals surface area (Å²) in [5, 5.41) is 7.90. The molecule has 0 aliphatic carbocycles. The summed E-state index contributed by atoms with van der Waals surface area (Å²) in [6.07, 6.45) is -12.9. The van der Waals surface area contributed by atoms with Crippen molar-refractivity contribution in [3.8, 4) is 0 Å². The fourth-order valence-corrected chi connectivity index (χ4v) is 0.650. The maximum Gasteiger partial charge on any atom is 0.436 e. The zero-order valence-electron chi connectivity index (χ0n) is 6.71. The summed E-state index contributed by atoms with van der Waals surface area (Å²) in [5.41, 5.74) is -8.56. The molecule has 0 bridgehead atoms. The number of carboxylic acid groups (broad SMARTS) is 1. The molecule has 0 aliphatic rings. The molecule has 0 aromatic rings. The molecule has 2 nitrogen and oxygen atoms in total. The van der Waals surface area contributed by atoms with Crippen molar-refractivity contribution in [2.75, 3.05) is 0 Å². The highest BCUT2D eigenvalue weighted by Crippen LogP contribution is 2.50. The molecule has 15 heavy (non-hydrogen) atoms. The Balaban J connectivity index is 5.64. The topological polar surface area (TPSA) is 37.3 Å². The van der Waals surface area contributed by atoms with Crippen molar-refractivity contribution < 1.29 is 40.6 Å². The summed E-state index contributed by atoms with van der Waals surface area (Å²) in [6.45, 7) is 1.94. The highest BCUT2D eigenvalue weighted by molar-refractivity contribution is 5.88. The average Bonchev–Trinajstić information content (AvgIpc) is 1.96. The molecule has 0 spiro atoms. The van der Waals surface area contributed by atoms with Gasteiger partial charge in [0.2, 0.25) is 0 Å². The number of alkyl halides is 7. The molecule has 0 rings (SSSR count). The van der Waals surface area contributed by atoms with Gasteiger partial charge in [0, 0.05) is 0 Å². The van der Waals surface area contributed by atoms with Gasteiger partial charge in [0.25, 0.3) is 0 Å². The number of aliphatic carboxylic acids is 1. The number of rotatable bonds is 2. The molecule has 0 fully saturated rings. The van der Waals surface area contributed by atoms with Crippen LogP contribution in [0.2, 0.25) is 0 Å². The summed E-state index contributed by atoms with van der Waals surface area (Å²) in [6, 6.07) is 0. The minimum absolute atomic E-state index is 1.94. The largest absolute Gasteiger partial charge is 0.478 e. The zero-order valence-corrected chi connectivity index (χ0v) is 6.71. The van der Waals surface area contributed by atoms with E-state index in [2.05, 4.69) is 0 Å². The molecule has 0 unspecified atom stereocenters. The second kappa shape index (κ2) is 3.38. The van der Waals surface area contributed by atoms with Crippen LogP contribution >= 0.6 is 0 Å². The van der Waals surface area contributed by atoms with E-state index in [0.29, 0.717) is 0 Å². The molecule has 88 valence electrons. The molecule has 1 N–H and O–H groups in total. The minimum Gasteiger partial charge on any atom is -0.478 e. The number of hydrogen-bond acceptors (Lipinski definition) is 1. The minimum atomic E-state index is -6.43. The van der Waals surface area contributed by atoms with E-state index in [1.807, 2.05) is 6.58 Å². The van der Waals surface area contributed by atoms with Gasteiger partial charge in [0.05, 0.1) is 5.57 Å². The van der Waals surface area contributed by atoms with Gasteiger partial charge in [0.1, 0.15) is 0 Å². The van der Waals surface area contributed by atoms with Gasteiger partial charge in [-0.25, -0.2) is 9.18 Å². The molecular weight excluding hydrogens is 237 g/mol. The van der Waals surface area contributed by atoms with Crippen LogP contribution in [0.15, 0.2) is 12.2 Å². The summed E-state index contributed by atoms with van der Waals surface area (Å²) < 4.78 is 83.5. The molecule has 0 radical (unpaired) electrons. The van der Waals surface area contributed by atoms with Gasteiger partial charge in [-0.1, -0.05) is 6.58 Å². The van der Waals surface area contributed by atoms with E-state index in [4.69, 9.17) is 5.11 Å². The first kappa shape index (κ1) is 13.7. The first-order valence-corrected chi connectivity index (χ1v) is 3.10. The number of hydrogen-bond donors (Lipinski definition) is 1. The second-order valence-electron chi connectivity index (χ2n) is 2.44. The van der Waals surface area contributed by atoms with Gasteiger partial charge in [-0.2, -0.15) is 26.3 Å². The maximum atomic E-state index is 12.7. The SMILES string of the molecule is C=C(C(=O)O)C(F)(C(F)(F)F)C(F)(F)F. The molecule has 0 aliphatic heterocycles. The van der Waals surface area contributed by atoms with Gasteiger partial charge < -0.3 is 5.11 Å². The quantitative estimate of drug-likeness (QED) is 0.594. The van der Waals surface area contributed by atoms with E-state index >= 15 is 0 Å². The fraction of sp³-hybridized carbons (Fsp3) is 0.500. The number of carboxylic acids is 1. The van der Waals surface area contributed by atoms with Crippen molar-refractivity contribution in [2.45, 2.75) is 18.0 Å². The van der Waals surface area contributed by atoms with Crippen molar-refractivity contribution in [3.05, 3.63) is 12.2 Å². The third-order valence-corrected chi connectivity index (χ3v) is 1.46. The zero-order chi connectivity index (χ0) is 12.7. The van der Waals surface area contributed by atoms with E-state index in [1.165, 1.54) is 0 Å². The molecule has 0 heterocycles. The smallest absolute Gasteiger partial charge is 0.436 e. The first-order chi connectivity index (χ1) is 6.35. The third kappa shape index (κ3) is 2.05. The van der Waals surface area contributed by atoms with Crippen LogP contribution in [0.5, 0.6) is 0 Å². The Bertz CT molecular complexity index is 273. The van der Waals surface area contributed by atoms with Crippen molar-refractivity contribution in [2.24, 2.45) is 0 Å². The van der Waals surface area contributed by atoms with Crippen LogP contribution < -0.4 is 0 Å². The average molecular weight is 240 g/mol. The van der Waals surface area contributed by atoms with Crippen LogP contribution in [0.3, 0.4) is 0 Å². The predicted molar refractivity (Wildman–Crippen MR) is 32.7 cm³/mol. The summed E-state index contributed by atoms with van der Waals surface area (Å²) in [5.74, 6) is -2.72. The van der Waals surface area contributed by atoms with Crippen molar-refractivity contribution >= 4 is 5.97 Å². The van der Waals surface area contributed by atoms with Gasteiger partial charge in [-0.3, -0.25) is 0 Å². The first-order valence-electron chi connectivity index (χ1n) is 3.10. The molecule has 0 aromatic carbocycles. The van der Waals surface area contributed by atoms with Crippen LogP contribution in [0.25, 0.3) is 0 Å². The van der Waals surface area contributed by atoms with Crippen LogP contribution in [-0.2, 0) is 4.79 Å². The van der Waals surface area contributed by atoms with Crippen LogP contribution in [-0.4, -0.2) is 29.1 Å². The van der Waals surface area contributed by atoms with Crippen LogP contribution in [0, 0.1) is 0 Å². The maximum absolute atomic E-state index is 12.7. The Morgan fingerprint density at radius 2 is 1.20 bits per heavy atom. The highest BCUT2D eigenvalue weighted by atomic mass is 19.4. The normalized spacial score (nSPS) is 13.8. The summed E-state index contributed by atoms with van der Waals surface area (Å²) in [7, 11) is 0. The third-order valence-electron chi connectivity index (χ3n) is 1.46. The van der Waals surface area contributed by atoms with Crippen LogP contribution in [0.1, 0.15) is 0 Å². The number of carbonyl (C=O) groups is 1. The Hall–Kier alpha value is -1.28. The molecule has 0 aromatic heterocycles. The van der Waals surface area contributed by atoms with E-state index in [-0.39, 0.29) is 0 Å². The van der Waals surface area contributed by atoms with Crippen molar-refractivity contribution in [1.29, 1.82) is 0 Å². The predicted octanol–water partition coefficient (Wildman–Crippen LogP) is 2.46. The summed E-state index contributed by atoms with van der Waals surface area (Å²) in [4.78, 5) is 9.90. The molecule has 9 heteroatoms. The molecule has 0 amide bonds. The van der Waals surface area contributed by atoms with Crippen LogP contribution in [0.4, 0.5) is 30.7 Å². The molecule has 0 atom stereocenters. The van der Waals surface area contributed by atoms with Gasteiger partial charge in [-0.05, 0) is 0 Å². The Morgan fingerprint density at radius 1 is 0.933 bits per heavy atom. The van der Waals surface area contributed by atoms with E-state index < -0.39 is 29.6 Å². The monoisotopic (exact) mass is 240 g/mol. The molecule has 0 saturated carbocycles. The van der Waals surface area contributed by atoms with Gasteiger partial charge in [-0.15, -0.1) is 0 Å². The highest BCUT2D eigenvalue weighted by Gasteiger charge is 2.75. The van der Waals surface area contributed by atoms with E-state index in [1.54, 1.807) is 0 Å². The summed E-state index contributed by atoms with van der Waals surface area (Å²) >= 11 is 0.